The molecule has 7 heteroatoms. The summed E-state index contributed by atoms with van der Waals surface area (Å²) < 4.78 is 1.06. The minimum Gasteiger partial charge on any atom is -0.330 e. The summed E-state index contributed by atoms with van der Waals surface area (Å²) in [5, 5.41) is 11.4. The standard InChI is InChI=1S/C24H26N5O2/c25-10-2-1-8-17(27)24(30)15-7-4-9-19-21(15)22-16-12-28-18(11-26)20(16)13-5-3-6-14(13)23(22)29(19)31/h5,12,15,17H,1-4,6-10,25,27H2/q+1/t15?,17-/m0/s1. The predicted octanol–water partition coefficient (Wildman–Crippen LogP) is 1.44. The molecule has 1 aromatic rings. The Morgan fingerprint density at radius 3 is 2.97 bits per heavy atom. The van der Waals surface area contributed by atoms with Gasteiger partial charge in [-0.25, -0.2) is 4.99 Å². The van der Waals surface area contributed by atoms with E-state index in [9.17, 15) is 15.0 Å². The van der Waals surface area contributed by atoms with Gasteiger partial charge in [0.15, 0.2) is 5.78 Å². The number of Topliss-reactive ketones (excluding diaryl/α,β-unsaturated/α-hetero) is 1. The maximum atomic E-state index is 13.5. The molecule has 2 heterocycles. The van der Waals surface area contributed by atoms with Gasteiger partial charge in [0.1, 0.15) is 11.8 Å². The molecule has 4 N–H and O–H groups in total. The second-order valence-corrected chi connectivity index (χ2v) is 8.76. The number of hydrogen-bond donors (Lipinski definition) is 2. The summed E-state index contributed by atoms with van der Waals surface area (Å²) in [7, 11) is 0. The zero-order valence-corrected chi connectivity index (χ0v) is 17.5. The van der Waals surface area contributed by atoms with E-state index in [1.165, 1.54) is 0 Å². The first-order chi connectivity index (χ1) is 15.1. The monoisotopic (exact) mass is 416 g/mol. The number of benzene rings is 1. The average Bonchev–Trinajstić information content (AvgIpc) is 3.49. The zero-order valence-electron chi connectivity index (χ0n) is 17.5. The summed E-state index contributed by atoms with van der Waals surface area (Å²) in [5.74, 6) is -0.382. The van der Waals surface area contributed by atoms with Crippen LogP contribution in [0.1, 0.15) is 61.6 Å². The van der Waals surface area contributed by atoms with Gasteiger partial charge in [-0.3, -0.25) is 4.79 Å². The van der Waals surface area contributed by atoms with Gasteiger partial charge in [0.25, 0.3) is 5.69 Å². The lowest BCUT2D eigenvalue weighted by Gasteiger charge is -2.23. The van der Waals surface area contributed by atoms with Crippen LogP contribution in [-0.2, 0) is 11.2 Å². The van der Waals surface area contributed by atoms with E-state index < -0.39 is 6.04 Å². The number of ketones is 1. The topological polar surface area (TPSA) is 125 Å². The second kappa shape index (κ2) is 7.63. The molecule has 2 aliphatic carbocycles. The number of allylic oxidation sites excluding steroid dienone is 2. The molecule has 0 saturated heterocycles. The number of nitrogens with zero attached hydrogens (tertiary/aromatic N) is 3. The Morgan fingerprint density at radius 2 is 2.19 bits per heavy atom. The van der Waals surface area contributed by atoms with E-state index >= 15 is 0 Å². The van der Waals surface area contributed by atoms with Crippen LogP contribution in [0, 0.1) is 22.2 Å². The van der Waals surface area contributed by atoms with Gasteiger partial charge in [0, 0.05) is 39.5 Å². The van der Waals surface area contributed by atoms with Crippen molar-refractivity contribution in [2.24, 2.45) is 22.4 Å². The Kier molecular flexibility index (Phi) is 4.92. The number of fused-ring (bicyclic) bond motifs is 7. The Hall–Kier alpha value is -2.95. The van der Waals surface area contributed by atoms with E-state index in [2.05, 4.69) is 17.1 Å². The zero-order chi connectivity index (χ0) is 21.7. The fraction of sp³-hybridized carbons (Fsp3) is 0.458. The Labute approximate surface area is 180 Å². The molecule has 1 aromatic carbocycles. The Bertz CT molecular complexity index is 1250. The summed E-state index contributed by atoms with van der Waals surface area (Å²) in [4.78, 5) is 31.2. The first kappa shape index (κ1) is 20.0. The molecule has 0 radical (unpaired) electrons. The Morgan fingerprint density at radius 1 is 1.35 bits per heavy atom. The largest absolute Gasteiger partial charge is 0.330 e. The average molecular weight is 417 g/mol. The van der Waals surface area contributed by atoms with E-state index in [0.717, 1.165) is 69.6 Å². The van der Waals surface area contributed by atoms with Crippen molar-refractivity contribution >= 4 is 35.0 Å². The quantitative estimate of drug-likeness (QED) is 0.536. The molecule has 0 saturated carbocycles. The van der Waals surface area contributed by atoms with Crippen molar-refractivity contribution in [1.82, 2.24) is 0 Å². The lowest BCUT2D eigenvalue weighted by Crippen LogP contribution is -2.37. The molecule has 0 spiro atoms. The van der Waals surface area contributed by atoms with Crippen molar-refractivity contribution in [3.63, 3.8) is 0 Å². The van der Waals surface area contributed by atoms with Crippen molar-refractivity contribution in [3.05, 3.63) is 37.7 Å². The van der Waals surface area contributed by atoms with Crippen molar-refractivity contribution in [2.45, 2.75) is 57.4 Å². The summed E-state index contributed by atoms with van der Waals surface area (Å²) in [6.07, 6.45) is 9.80. The molecule has 0 bridgehead atoms. The van der Waals surface area contributed by atoms with Crippen LogP contribution < -0.4 is 21.9 Å². The molecule has 158 valence electrons. The van der Waals surface area contributed by atoms with Crippen molar-refractivity contribution in [1.29, 1.82) is 5.26 Å². The van der Waals surface area contributed by atoms with Crippen molar-refractivity contribution in [2.75, 3.05) is 6.54 Å². The van der Waals surface area contributed by atoms with Crippen molar-refractivity contribution < 1.29 is 9.55 Å². The van der Waals surface area contributed by atoms with E-state index in [1.54, 1.807) is 6.21 Å². The summed E-state index contributed by atoms with van der Waals surface area (Å²) in [6, 6.07) is 1.64. The van der Waals surface area contributed by atoms with Crippen molar-refractivity contribution in [3.8, 4) is 6.07 Å². The highest BCUT2D eigenvalue weighted by Crippen LogP contribution is 2.50. The van der Waals surface area contributed by atoms with Gasteiger partial charge in [0.2, 0.25) is 5.70 Å². The van der Waals surface area contributed by atoms with Gasteiger partial charge < -0.3 is 11.5 Å². The number of nitriles is 1. The molecule has 2 atom stereocenters. The number of aliphatic imine (C=N–C) groups is 1. The van der Waals surface area contributed by atoms with Crippen LogP contribution in [0.25, 0.3) is 17.3 Å². The third-order valence-electron chi connectivity index (χ3n) is 7.03. The lowest BCUT2D eigenvalue weighted by atomic mass is 9.77. The first-order valence-electron chi connectivity index (χ1n) is 11.2. The van der Waals surface area contributed by atoms with Gasteiger partial charge in [-0.2, -0.15) is 5.26 Å². The molecule has 2 aliphatic heterocycles. The van der Waals surface area contributed by atoms with Crippen LogP contribution in [0.2, 0.25) is 0 Å². The smallest absolute Gasteiger partial charge is 0.275 e. The second-order valence-electron chi connectivity index (χ2n) is 8.76. The highest BCUT2D eigenvalue weighted by Gasteiger charge is 2.49. The Balaban J connectivity index is 1.67. The SMILES string of the molecule is N#CC1=c2c(c3c(c4c2=CCC4)[N+](=O)C2=C3C(C(=O)[C@@H](N)CCCCN)CCC2)C=N1. The number of carbonyl (C=O) groups is 1. The highest BCUT2D eigenvalue weighted by molar-refractivity contribution is 6.05. The van der Waals surface area contributed by atoms with E-state index in [0.29, 0.717) is 42.9 Å². The van der Waals surface area contributed by atoms with Gasteiger partial charge in [-0.1, -0.05) is 12.5 Å². The van der Waals surface area contributed by atoms with E-state index in [1.807, 2.05) is 0 Å². The van der Waals surface area contributed by atoms with Crippen LogP contribution in [0.4, 0.5) is 5.69 Å². The van der Waals surface area contributed by atoms with E-state index in [-0.39, 0.29) is 11.7 Å². The number of unbranched alkanes of at least 4 members (excludes halogenated alkanes) is 1. The normalized spacial score (nSPS) is 21.4. The van der Waals surface area contributed by atoms with Crippen LogP contribution in [-0.4, -0.2) is 29.3 Å². The summed E-state index contributed by atoms with van der Waals surface area (Å²) >= 11 is 0. The molecule has 0 aromatic heterocycles. The van der Waals surface area contributed by atoms with Crippen LogP contribution >= 0.6 is 0 Å². The maximum absolute atomic E-state index is 13.5. The van der Waals surface area contributed by atoms with Crippen LogP contribution in [0.3, 0.4) is 0 Å². The molecule has 7 nitrogen and oxygen atoms in total. The van der Waals surface area contributed by atoms with Gasteiger partial charge in [-0.15, -0.1) is 0 Å². The number of carbonyl (C=O) groups excluding carboxylic acids is 1. The fourth-order valence-electron chi connectivity index (χ4n) is 5.64. The van der Waals surface area contributed by atoms with E-state index in [4.69, 9.17) is 11.5 Å². The highest BCUT2D eigenvalue weighted by atomic mass is 16.3. The molecule has 5 rings (SSSR count). The fourth-order valence-corrected chi connectivity index (χ4v) is 5.64. The minimum absolute atomic E-state index is 0.00528. The number of nitroso groups, excluding NO2 is 1. The molecule has 1 unspecified atom stereocenters. The van der Waals surface area contributed by atoms with Crippen LogP contribution in [0.15, 0.2) is 10.7 Å². The third kappa shape index (κ3) is 2.86. The number of hydrogen-bond acceptors (Lipinski definition) is 6. The molecule has 0 fully saturated rings. The molecule has 0 amide bonds. The van der Waals surface area contributed by atoms with Gasteiger partial charge in [-0.05, 0) is 50.3 Å². The lowest BCUT2D eigenvalue weighted by molar-refractivity contribution is -0.406. The number of nitrogens with two attached hydrogens (primary N) is 2. The molecule has 31 heavy (non-hydrogen) atoms. The summed E-state index contributed by atoms with van der Waals surface area (Å²) in [6.45, 7) is 0.587. The van der Waals surface area contributed by atoms with Crippen LogP contribution in [0.5, 0.6) is 0 Å². The van der Waals surface area contributed by atoms with Gasteiger partial charge in [0.05, 0.1) is 22.3 Å². The first-order valence-corrected chi connectivity index (χ1v) is 11.2. The maximum Gasteiger partial charge on any atom is 0.275 e. The van der Waals surface area contributed by atoms with Gasteiger partial charge >= 0.3 is 0 Å². The third-order valence-corrected chi connectivity index (χ3v) is 7.03. The summed E-state index contributed by atoms with van der Waals surface area (Å²) in [5.41, 5.74) is 17.0. The molecular formula is C24H26N5O2+. The minimum atomic E-state index is -0.557. The predicted molar refractivity (Wildman–Crippen MR) is 119 cm³/mol. The molecular weight excluding hydrogens is 390 g/mol. The number of rotatable bonds is 6. The molecule has 4 aliphatic rings.